The summed E-state index contributed by atoms with van der Waals surface area (Å²) in [6, 6.07) is 22.2. The van der Waals surface area contributed by atoms with Gasteiger partial charge in [0.2, 0.25) is 15.9 Å². The molecule has 0 bridgehead atoms. The summed E-state index contributed by atoms with van der Waals surface area (Å²) in [5.41, 5.74) is 1.79. The molecule has 0 radical (unpaired) electrons. The number of para-hydroxylation sites is 1. The van der Waals surface area contributed by atoms with Crippen LogP contribution in [0.15, 0.2) is 78.9 Å². The van der Waals surface area contributed by atoms with E-state index in [4.69, 9.17) is 4.74 Å². The molecule has 0 saturated carbocycles. The molecule has 0 spiro atoms. The molecule has 0 aromatic heterocycles. The van der Waals surface area contributed by atoms with Gasteiger partial charge in [0, 0.05) is 6.07 Å². The summed E-state index contributed by atoms with van der Waals surface area (Å²) in [6.07, 6.45) is 1.02. The van der Waals surface area contributed by atoms with Crippen LogP contribution in [0, 0.1) is 0 Å². The van der Waals surface area contributed by atoms with Crippen LogP contribution in [0.3, 0.4) is 0 Å². The summed E-state index contributed by atoms with van der Waals surface area (Å²) in [6.45, 7) is 1.40. The second-order valence-electron chi connectivity index (χ2n) is 7.67. The lowest BCUT2D eigenvalue weighted by atomic mass is 10.1. The lowest BCUT2D eigenvalue weighted by Gasteiger charge is -2.22. The number of carbonyl (C=O) groups is 2. The standard InChI is InChI=1S/C25H27N3O5S/c1-18(19-10-5-4-6-11-19)26-25(30)22-14-7-8-15-23(22)27-24(29)17-28(34(3,31)32)20-12-9-13-21(16-20)33-2/h4-16,18H,17H2,1-3H3,(H,26,30)(H,27,29)/t18-/m1/s1. The minimum absolute atomic E-state index is 0.244. The zero-order valence-corrected chi connectivity index (χ0v) is 20.0. The van der Waals surface area contributed by atoms with Crippen molar-refractivity contribution in [2.45, 2.75) is 13.0 Å². The van der Waals surface area contributed by atoms with Crippen molar-refractivity contribution in [1.29, 1.82) is 0 Å². The maximum absolute atomic E-state index is 12.9. The minimum atomic E-state index is -3.77. The molecule has 0 fully saturated rings. The van der Waals surface area contributed by atoms with Crippen molar-refractivity contribution in [3.8, 4) is 5.75 Å². The zero-order chi connectivity index (χ0) is 24.7. The number of ether oxygens (including phenoxy) is 1. The molecule has 0 saturated heterocycles. The molecule has 2 amide bonds. The number of nitrogens with one attached hydrogen (secondary N) is 2. The molecule has 0 heterocycles. The Kier molecular flexibility index (Phi) is 7.91. The third-order valence-corrected chi connectivity index (χ3v) is 6.26. The first-order valence-electron chi connectivity index (χ1n) is 10.6. The first-order chi connectivity index (χ1) is 16.2. The highest BCUT2D eigenvalue weighted by Crippen LogP contribution is 2.23. The Hall–Kier alpha value is -3.85. The molecule has 0 aliphatic heterocycles. The molecular formula is C25H27N3O5S. The van der Waals surface area contributed by atoms with Crippen LogP contribution >= 0.6 is 0 Å². The van der Waals surface area contributed by atoms with Crippen molar-refractivity contribution in [3.63, 3.8) is 0 Å². The Balaban J connectivity index is 1.77. The van der Waals surface area contributed by atoms with E-state index in [1.165, 1.54) is 13.2 Å². The second-order valence-corrected chi connectivity index (χ2v) is 9.58. The topological polar surface area (TPSA) is 105 Å². The highest BCUT2D eigenvalue weighted by molar-refractivity contribution is 7.92. The van der Waals surface area contributed by atoms with Gasteiger partial charge in [-0.2, -0.15) is 0 Å². The molecule has 0 aliphatic rings. The van der Waals surface area contributed by atoms with E-state index in [1.54, 1.807) is 42.5 Å². The van der Waals surface area contributed by atoms with E-state index in [0.29, 0.717) is 11.4 Å². The predicted octanol–water partition coefficient (Wildman–Crippen LogP) is 3.59. The fraction of sp³-hybridized carbons (Fsp3) is 0.200. The maximum Gasteiger partial charge on any atom is 0.253 e. The first-order valence-corrected chi connectivity index (χ1v) is 12.4. The van der Waals surface area contributed by atoms with E-state index in [0.717, 1.165) is 16.1 Å². The van der Waals surface area contributed by atoms with Gasteiger partial charge in [0.15, 0.2) is 0 Å². The maximum atomic E-state index is 12.9. The average molecular weight is 482 g/mol. The Bertz CT molecular complexity index is 1260. The van der Waals surface area contributed by atoms with Gasteiger partial charge in [-0.15, -0.1) is 0 Å². The average Bonchev–Trinajstić information content (AvgIpc) is 2.82. The molecule has 0 unspecified atom stereocenters. The Labute approximate surface area is 199 Å². The quantitative estimate of drug-likeness (QED) is 0.486. The summed E-state index contributed by atoms with van der Waals surface area (Å²) < 4.78 is 30.9. The number of methoxy groups -OCH3 is 1. The number of amides is 2. The van der Waals surface area contributed by atoms with Crippen molar-refractivity contribution in [3.05, 3.63) is 90.0 Å². The molecule has 178 valence electrons. The van der Waals surface area contributed by atoms with Gasteiger partial charge in [-0.25, -0.2) is 8.42 Å². The van der Waals surface area contributed by atoms with Gasteiger partial charge in [-0.05, 0) is 36.8 Å². The lowest BCUT2D eigenvalue weighted by Crippen LogP contribution is -2.37. The van der Waals surface area contributed by atoms with Crippen molar-refractivity contribution in [2.24, 2.45) is 0 Å². The zero-order valence-electron chi connectivity index (χ0n) is 19.2. The highest BCUT2D eigenvalue weighted by Gasteiger charge is 2.23. The van der Waals surface area contributed by atoms with Crippen molar-refractivity contribution < 1.29 is 22.7 Å². The fourth-order valence-corrected chi connectivity index (χ4v) is 4.22. The number of rotatable bonds is 9. The number of hydrogen-bond donors (Lipinski definition) is 2. The summed E-state index contributed by atoms with van der Waals surface area (Å²) >= 11 is 0. The molecule has 2 N–H and O–H groups in total. The van der Waals surface area contributed by atoms with Gasteiger partial charge in [-0.3, -0.25) is 13.9 Å². The lowest BCUT2D eigenvalue weighted by molar-refractivity contribution is -0.114. The van der Waals surface area contributed by atoms with E-state index in [2.05, 4.69) is 10.6 Å². The normalized spacial score (nSPS) is 11.9. The molecule has 3 aromatic rings. The second kappa shape index (κ2) is 10.8. The molecular weight excluding hydrogens is 454 g/mol. The summed E-state index contributed by atoms with van der Waals surface area (Å²) in [7, 11) is -2.30. The van der Waals surface area contributed by atoms with Gasteiger partial charge in [0.25, 0.3) is 5.91 Å². The van der Waals surface area contributed by atoms with Crippen LogP contribution in [0.2, 0.25) is 0 Å². The van der Waals surface area contributed by atoms with Crippen LogP contribution in [0.5, 0.6) is 5.75 Å². The molecule has 9 heteroatoms. The SMILES string of the molecule is COc1cccc(N(CC(=O)Nc2ccccc2C(=O)N[C@H](C)c2ccccc2)S(C)(=O)=O)c1. The van der Waals surface area contributed by atoms with E-state index in [9.17, 15) is 18.0 Å². The Morgan fingerprint density at radius 1 is 0.971 bits per heavy atom. The van der Waals surface area contributed by atoms with Gasteiger partial charge < -0.3 is 15.4 Å². The third-order valence-electron chi connectivity index (χ3n) is 5.12. The Morgan fingerprint density at radius 3 is 2.32 bits per heavy atom. The summed E-state index contributed by atoms with van der Waals surface area (Å²) in [4.78, 5) is 25.8. The van der Waals surface area contributed by atoms with Gasteiger partial charge in [-0.1, -0.05) is 48.5 Å². The molecule has 8 nitrogen and oxygen atoms in total. The van der Waals surface area contributed by atoms with E-state index < -0.39 is 22.5 Å². The van der Waals surface area contributed by atoms with Crippen LogP contribution in [0.1, 0.15) is 28.9 Å². The van der Waals surface area contributed by atoms with Gasteiger partial charge >= 0.3 is 0 Å². The molecule has 3 aromatic carbocycles. The van der Waals surface area contributed by atoms with Gasteiger partial charge in [0.05, 0.1) is 36.3 Å². The number of benzene rings is 3. The van der Waals surface area contributed by atoms with E-state index >= 15 is 0 Å². The number of nitrogens with zero attached hydrogens (tertiary/aromatic N) is 1. The molecule has 34 heavy (non-hydrogen) atoms. The number of carbonyl (C=O) groups excluding carboxylic acids is 2. The molecule has 0 aliphatic carbocycles. The van der Waals surface area contributed by atoms with Crippen molar-refractivity contribution >= 4 is 33.2 Å². The largest absolute Gasteiger partial charge is 0.497 e. The number of sulfonamides is 1. The molecule has 1 atom stereocenters. The van der Waals surface area contributed by atoms with E-state index in [1.807, 2.05) is 37.3 Å². The monoisotopic (exact) mass is 481 g/mol. The van der Waals surface area contributed by atoms with Crippen LogP contribution in [0.4, 0.5) is 11.4 Å². The smallest absolute Gasteiger partial charge is 0.253 e. The van der Waals surface area contributed by atoms with Crippen LogP contribution in [-0.4, -0.2) is 40.1 Å². The Morgan fingerprint density at radius 2 is 1.65 bits per heavy atom. The van der Waals surface area contributed by atoms with Crippen LogP contribution in [-0.2, 0) is 14.8 Å². The first kappa shape index (κ1) is 24.8. The van der Waals surface area contributed by atoms with Crippen LogP contribution in [0.25, 0.3) is 0 Å². The highest BCUT2D eigenvalue weighted by atomic mass is 32.2. The van der Waals surface area contributed by atoms with Gasteiger partial charge in [0.1, 0.15) is 12.3 Å². The van der Waals surface area contributed by atoms with Crippen molar-refractivity contribution in [1.82, 2.24) is 5.32 Å². The fourth-order valence-electron chi connectivity index (χ4n) is 3.38. The minimum Gasteiger partial charge on any atom is -0.497 e. The van der Waals surface area contributed by atoms with E-state index in [-0.39, 0.29) is 23.2 Å². The number of hydrogen-bond acceptors (Lipinski definition) is 5. The van der Waals surface area contributed by atoms with Crippen molar-refractivity contribution in [2.75, 3.05) is 29.5 Å². The third kappa shape index (κ3) is 6.35. The predicted molar refractivity (Wildman–Crippen MR) is 133 cm³/mol. The summed E-state index contributed by atoms with van der Waals surface area (Å²) in [5.74, 6) is -0.495. The molecule has 3 rings (SSSR count). The van der Waals surface area contributed by atoms with Crippen LogP contribution < -0.4 is 19.7 Å². The number of anilines is 2. The summed E-state index contributed by atoms with van der Waals surface area (Å²) in [5, 5.41) is 5.59.